The molecule has 3 N–H and O–H groups in total. The molecule has 140 valence electrons. The van der Waals surface area contributed by atoms with Gasteiger partial charge in [0, 0.05) is 5.56 Å². The molecule has 0 radical (unpaired) electrons. The van der Waals surface area contributed by atoms with Gasteiger partial charge in [-0.15, -0.1) is 5.10 Å². The van der Waals surface area contributed by atoms with Crippen LogP contribution in [-0.2, 0) is 16.0 Å². The molecule has 9 nitrogen and oxygen atoms in total. The number of nitriles is 1. The highest BCUT2D eigenvalue weighted by Gasteiger charge is 2.37. The van der Waals surface area contributed by atoms with Crippen molar-refractivity contribution in [3.63, 3.8) is 0 Å². The van der Waals surface area contributed by atoms with E-state index in [9.17, 15) is 10.1 Å². The summed E-state index contributed by atoms with van der Waals surface area (Å²) in [4.78, 5) is 11.8. The van der Waals surface area contributed by atoms with Gasteiger partial charge in [-0.1, -0.05) is 12.1 Å². The molecule has 1 aliphatic heterocycles. The molecule has 0 saturated heterocycles. The van der Waals surface area contributed by atoms with Crippen LogP contribution in [0.25, 0.3) is 0 Å². The topological polar surface area (TPSA) is 132 Å². The summed E-state index contributed by atoms with van der Waals surface area (Å²) in [5, 5.41) is 16.6. The van der Waals surface area contributed by atoms with Crippen LogP contribution in [0.3, 0.4) is 0 Å². The number of para-hydroxylation sites is 1. The van der Waals surface area contributed by atoms with Crippen molar-refractivity contribution < 1.29 is 23.7 Å². The molecule has 0 aliphatic carbocycles. The highest BCUT2D eigenvalue weighted by atomic mass is 16.5. The fourth-order valence-electron chi connectivity index (χ4n) is 3.11. The minimum atomic E-state index is -0.651. The van der Waals surface area contributed by atoms with Crippen LogP contribution in [0.1, 0.15) is 22.7 Å². The zero-order chi connectivity index (χ0) is 19.6. The van der Waals surface area contributed by atoms with Crippen molar-refractivity contribution >= 4 is 5.97 Å². The van der Waals surface area contributed by atoms with Crippen molar-refractivity contribution in [2.45, 2.75) is 12.3 Å². The standard InChI is InChI=1S/C18H18N4O5/c1-24-12-6-4-5-9(16(12)26-3)14-10(8-19)17(20)27-18-15(14)11(21-22-18)7-13(23)25-2/h4-6,14H,7,20H2,1-3H3,(H,21,22)/t14-/m1/s1. The Bertz CT molecular complexity index is 957. The van der Waals surface area contributed by atoms with Crippen LogP contribution in [0, 0.1) is 11.3 Å². The molecule has 1 aromatic heterocycles. The summed E-state index contributed by atoms with van der Waals surface area (Å²) in [6.07, 6.45) is -0.0659. The van der Waals surface area contributed by atoms with Crippen LogP contribution in [0.2, 0.25) is 0 Å². The van der Waals surface area contributed by atoms with Gasteiger partial charge in [0.1, 0.15) is 11.6 Å². The second-order valence-electron chi connectivity index (χ2n) is 5.68. The van der Waals surface area contributed by atoms with Gasteiger partial charge >= 0.3 is 5.97 Å². The summed E-state index contributed by atoms with van der Waals surface area (Å²) in [7, 11) is 4.32. The lowest BCUT2D eigenvalue weighted by atomic mass is 9.83. The van der Waals surface area contributed by atoms with Gasteiger partial charge in [-0.2, -0.15) is 5.26 Å². The first-order valence-corrected chi connectivity index (χ1v) is 7.98. The van der Waals surface area contributed by atoms with Gasteiger partial charge in [0.2, 0.25) is 11.8 Å². The number of carbonyl (C=O) groups is 1. The number of rotatable bonds is 5. The largest absolute Gasteiger partial charge is 0.493 e. The zero-order valence-corrected chi connectivity index (χ0v) is 15.0. The molecule has 0 saturated carbocycles. The van der Waals surface area contributed by atoms with E-state index in [1.807, 2.05) is 0 Å². The van der Waals surface area contributed by atoms with E-state index in [0.717, 1.165) is 0 Å². The Labute approximate surface area is 155 Å². The predicted octanol–water partition coefficient (Wildman–Crippen LogP) is 1.36. The summed E-state index contributed by atoms with van der Waals surface area (Å²) in [6.45, 7) is 0. The number of aromatic nitrogens is 2. The molecule has 1 aromatic carbocycles. The fraction of sp³-hybridized carbons (Fsp3) is 0.278. The van der Waals surface area contributed by atoms with Gasteiger partial charge < -0.3 is 24.7 Å². The number of nitrogens with one attached hydrogen (secondary N) is 1. The van der Waals surface area contributed by atoms with E-state index < -0.39 is 11.9 Å². The average molecular weight is 370 g/mol. The normalized spacial score (nSPS) is 15.4. The van der Waals surface area contributed by atoms with Crippen LogP contribution < -0.4 is 19.9 Å². The van der Waals surface area contributed by atoms with Crippen molar-refractivity contribution in [2.75, 3.05) is 21.3 Å². The van der Waals surface area contributed by atoms with Crippen LogP contribution in [0.4, 0.5) is 0 Å². The average Bonchev–Trinajstić information content (AvgIpc) is 3.07. The molecule has 0 fully saturated rings. The maximum absolute atomic E-state index is 11.8. The third-order valence-corrected chi connectivity index (χ3v) is 4.31. The molecule has 3 rings (SSSR count). The third kappa shape index (κ3) is 3.01. The minimum Gasteiger partial charge on any atom is -0.493 e. The van der Waals surface area contributed by atoms with E-state index in [1.54, 1.807) is 18.2 Å². The first kappa shape index (κ1) is 18.1. The van der Waals surface area contributed by atoms with Gasteiger partial charge in [-0.05, 0) is 6.07 Å². The first-order chi connectivity index (χ1) is 13.0. The molecule has 0 bridgehead atoms. The van der Waals surface area contributed by atoms with E-state index in [0.29, 0.717) is 28.3 Å². The number of aromatic amines is 1. The monoisotopic (exact) mass is 370 g/mol. The number of fused-ring (bicyclic) bond motifs is 1. The summed E-state index contributed by atoms with van der Waals surface area (Å²) >= 11 is 0. The number of ether oxygens (including phenoxy) is 4. The predicted molar refractivity (Wildman–Crippen MR) is 93.2 cm³/mol. The molecule has 1 aliphatic rings. The van der Waals surface area contributed by atoms with Crippen molar-refractivity contribution in [3.05, 3.63) is 46.5 Å². The zero-order valence-electron chi connectivity index (χ0n) is 15.0. The second-order valence-corrected chi connectivity index (χ2v) is 5.68. The van der Waals surface area contributed by atoms with Crippen LogP contribution in [-0.4, -0.2) is 37.5 Å². The minimum absolute atomic E-state index is 0.0593. The molecule has 2 heterocycles. The molecule has 2 aromatic rings. The number of benzene rings is 1. The van der Waals surface area contributed by atoms with Gasteiger partial charge in [-0.3, -0.25) is 9.89 Å². The molecular weight excluding hydrogens is 352 g/mol. The summed E-state index contributed by atoms with van der Waals surface area (Å²) in [5.74, 6) is -0.0298. The number of H-pyrrole nitrogens is 1. The van der Waals surface area contributed by atoms with Crippen molar-refractivity contribution in [2.24, 2.45) is 5.73 Å². The number of hydrogen-bond donors (Lipinski definition) is 2. The number of carbonyl (C=O) groups excluding carboxylic acids is 1. The Kier molecular flexibility index (Phi) is 4.90. The lowest BCUT2D eigenvalue weighted by Crippen LogP contribution is -2.22. The Morgan fingerprint density at radius 3 is 2.78 bits per heavy atom. The van der Waals surface area contributed by atoms with E-state index in [4.69, 9.17) is 24.7 Å². The molecule has 0 unspecified atom stereocenters. The highest BCUT2D eigenvalue weighted by Crippen LogP contribution is 2.47. The van der Waals surface area contributed by atoms with Gasteiger partial charge in [-0.25, -0.2) is 0 Å². The summed E-state index contributed by atoms with van der Waals surface area (Å²) < 4.78 is 21.1. The number of nitrogens with two attached hydrogens (primary N) is 1. The maximum Gasteiger partial charge on any atom is 0.311 e. The van der Waals surface area contributed by atoms with Crippen molar-refractivity contribution in [3.8, 4) is 23.4 Å². The Balaban J connectivity index is 2.25. The Hall–Kier alpha value is -3.67. The first-order valence-electron chi connectivity index (χ1n) is 7.98. The summed E-state index contributed by atoms with van der Waals surface area (Å²) in [6, 6.07) is 7.40. The molecule has 27 heavy (non-hydrogen) atoms. The number of allylic oxidation sites excluding steroid dienone is 1. The molecule has 0 amide bonds. The Morgan fingerprint density at radius 2 is 2.15 bits per heavy atom. The van der Waals surface area contributed by atoms with E-state index in [2.05, 4.69) is 16.3 Å². The number of esters is 1. The molecule has 1 atom stereocenters. The molecular formula is C18H18N4O5. The maximum atomic E-state index is 11.8. The van der Waals surface area contributed by atoms with Crippen LogP contribution in [0.5, 0.6) is 17.4 Å². The lowest BCUT2D eigenvalue weighted by molar-refractivity contribution is -0.139. The van der Waals surface area contributed by atoms with Crippen molar-refractivity contribution in [1.82, 2.24) is 10.2 Å². The molecule has 0 spiro atoms. The van der Waals surface area contributed by atoms with Gasteiger partial charge in [0.15, 0.2) is 11.5 Å². The summed E-state index contributed by atoms with van der Waals surface area (Å²) in [5.41, 5.74) is 7.75. The SMILES string of the molecule is COC(=O)Cc1[nH]nc2c1[C@H](c1cccc(OC)c1OC)C(C#N)=C(N)O2. The quantitative estimate of drug-likeness (QED) is 0.754. The number of nitrogens with zero attached hydrogens (tertiary/aromatic N) is 2. The highest BCUT2D eigenvalue weighted by molar-refractivity contribution is 5.73. The number of methoxy groups -OCH3 is 3. The Morgan fingerprint density at radius 1 is 1.37 bits per heavy atom. The van der Waals surface area contributed by atoms with E-state index >= 15 is 0 Å². The van der Waals surface area contributed by atoms with Gasteiger partial charge in [0.25, 0.3) is 0 Å². The van der Waals surface area contributed by atoms with Crippen LogP contribution >= 0.6 is 0 Å². The lowest BCUT2D eigenvalue weighted by Gasteiger charge is -2.25. The van der Waals surface area contributed by atoms with Gasteiger partial charge in [0.05, 0.1) is 44.9 Å². The smallest absolute Gasteiger partial charge is 0.311 e. The second kappa shape index (κ2) is 7.29. The van der Waals surface area contributed by atoms with Crippen molar-refractivity contribution in [1.29, 1.82) is 5.26 Å². The third-order valence-electron chi connectivity index (χ3n) is 4.31. The fourth-order valence-corrected chi connectivity index (χ4v) is 3.11. The van der Waals surface area contributed by atoms with Crippen LogP contribution in [0.15, 0.2) is 29.7 Å². The van der Waals surface area contributed by atoms with E-state index in [1.165, 1.54) is 21.3 Å². The number of hydrogen-bond acceptors (Lipinski definition) is 8. The van der Waals surface area contributed by atoms with E-state index in [-0.39, 0.29) is 23.8 Å². The molecule has 9 heteroatoms.